The van der Waals surface area contributed by atoms with Crippen LogP contribution in [-0.2, 0) is 4.79 Å². The second-order valence-corrected chi connectivity index (χ2v) is 5.11. The van der Waals surface area contributed by atoms with Crippen LogP contribution in [0.25, 0.3) is 0 Å². The summed E-state index contributed by atoms with van der Waals surface area (Å²) in [5.41, 5.74) is 7.94. The summed E-state index contributed by atoms with van der Waals surface area (Å²) in [7, 11) is 1.77. The predicted molar refractivity (Wildman–Crippen MR) is 75.6 cm³/mol. The topological polar surface area (TPSA) is 46.3 Å². The van der Waals surface area contributed by atoms with Crippen molar-refractivity contribution in [3.8, 4) is 0 Å². The average molecular weight is 252 g/mol. The second-order valence-electron chi connectivity index (χ2n) is 4.12. The van der Waals surface area contributed by atoms with Crippen molar-refractivity contribution in [3.05, 3.63) is 29.8 Å². The van der Waals surface area contributed by atoms with Gasteiger partial charge in [-0.3, -0.25) is 4.79 Å². The van der Waals surface area contributed by atoms with E-state index in [0.717, 1.165) is 17.9 Å². The van der Waals surface area contributed by atoms with E-state index in [1.807, 2.05) is 37.4 Å². The maximum Gasteiger partial charge on any atom is 0.243 e. The first-order chi connectivity index (χ1) is 8.06. The normalized spacial score (nSPS) is 12.2. The minimum absolute atomic E-state index is 0.0251. The molecular formula is C13H20N2OS. The molecule has 4 heteroatoms. The van der Waals surface area contributed by atoms with E-state index in [9.17, 15) is 4.79 Å². The standard InChI is InChI=1S/C13H20N2OS/c1-10-4-6-11(7-5-10)15(2)13(16)12(14)8-9-17-3/h4-7,12H,8-9,14H2,1-3H3/t12-/m0/s1. The van der Waals surface area contributed by atoms with Crippen LogP contribution in [0.1, 0.15) is 12.0 Å². The SMILES string of the molecule is CSCC[C@H](N)C(=O)N(C)c1ccc(C)cc1. The summed E-state index contributed by atoms with van der Waals surface area (Å²) in [6.07, 6.45) is 2.73. The predicted octanol–water partition coefficient (Wildman–Crippen LogP) is 2.04. The molecule has 94 valence electrons. The molecule has 0 fully saturated rings. The van der Waals surface area contributed by atoms with Gasteiger partial charge in [0, 0.05) is 12.7 Å². The van der Waals surface area contributed by atoms with Gasteiger partial charge in [-0.1, -0.05) is 17.7 Å². The van der Waals surface area contributed by atoms with E-state index in [1.54, 1.807) is 23.7 Å². The third-order valence-electron chi connectivity index (χ3n) is 2.70. The quantitative estimate of drug-likeness (QED) is 0.872. The Hall–Kier alpha value is -1.00. The molecule has 0 saturated carbocycles. The monoisotopic (exact) mass is 252 g/mol. The highest BCUT2D eigenvalue weighted by Crippen LogP contribution is 2.14. The number of benzene rings is 1. The second kappa shape index (κ2) is 6.67. The lowest BCUT2D eigenvalue weighted by Gasteiger charge is -2.21. The van der Waals surface area contributed by atoms with E-state index >= 15 is 0 Å². The average Bonchev–Trinajstić information content (AvgIpc) is 2.35. The molecule has 3 nitrogen and oxygen atoms in total. The number of carbonyl (C=O) groups excluding carboxylic acids is 1. The van der Waals surface area contributed by atoms with Crippen LogP contribution < -0.4 is 10.6 Å². The number of thioether (sulfide) groups is 1. The molecule has 0 aliphatic carbocycles. The number of nitrogens with zero attached hydrogens (tertiary/aromatic N) is 1. The lowest BCUT2D eigenvalue weighted by Crippen LogP contribution is -2.42. The molecule has 0 saturated heterocycles. The first-order valence-corrected chi connectivity index (χ1v) is 7.04. The summed E-state index contributed by atoms with van der Waals surface area (Å²) in [6, 6.07) is 7.45. The minimum atomic E-state index is -0.409. The number of aryl methyl sites for hydroxylation is 1. The molecule has 1 aromatic carbocycles. The largest absolute Gasteiger partial charge is 0.320 e. The third-order valence-corrected chi connectivity index (χ3v) is 3.35. The van der Waals surface area contributed by atoms with Gasteiger partial charge in [-0.25, -0.2) is 0 Å². The molecule has 1 rings (SSSR count). The molecule has 0 aliphatic rings. The van der Waals surface area contributed by atoms with Crippen LogP contribution in [0.5, 0.6) is 0 Å². The summed E-state index contributed by atoms with van der Waals surface area (Å²) in [6.45, 7) is 2.02. The van der Waals surface area contributed by atoms with E-state index in [4.69, 9.17) is 5.73 Å². The zero-order valence-electron chi connectivity index (χ0n) is 10.6. The van der Waals surface area contributed by atoms with Gasteiger partial charge in [0.15, 0.2) is 0 Å². The van der Waals surface area contributed by atoms with Gasteiger partial charge in [-0.2, -0.15) is 11.8 Å². The van der Waals surface area contributed by atoms with Gasteiger partial charge >= 0.3 is 0 Å². The number of carbonyl (C=O) groups is 1. The Morgan fingerprint density at radius 3 is 2.53 bits per heavy atom. The maximum absolute atomic E-state index is 12.0. The van der Waals surface area contributed by atoms with Crippen LogP contribution in [0.4, 0.5) is 5.69 Å². The van der Waals surface area contributed by atoms with Gasteiger partial charge < -0.3 is 10.6 Å². The first kappa shape index (κ1) is 14.1. The fourth-order valence-corrected chi connectivity index (χ4v) is 2.00. The summed E-state index contributed by atoms with van der Waals surface area (Å²) >= 11 is 1.71. The Balaban J connectivity index is 2.65. The zero-order valence-corrected chi connectivity index (χ0v) is 11.5. The lowest BCUT2D eigenvalue weighted by molar-refractivity contribution is -0.119. The fourth-order valence-electron chi connectivity index (χ4n) is 1.51. The third kappa shape index (κ3) is 4.06. The van der Waals surface area contributed by atoms with Crippen LogP contribution >= 0.6 is 11.8 Å². The van der Waals surface area contributed by atoms with E-state index < -0.39 is 6.04 Å². The number of hydrogen-bond acceptors (Lipinski definition) is 3. The summed E-state index contributed by atoms with van der Waals surface area (Å²) in [5, 5.41) is 0. The van der Waals surface area contributed by atoms with Crippen molar-refractivity contribution in [2.24, 2.45) is 5.73 Å². The van der Waals surface area contributed by atoms with Gasteiger partial charge in [0.25, 0.3) is 0 Å². The molecule has 0 heterocycles. The molecular weight excluding hydrogens is 232 g/mol. The van der Waals surface area contributed by atoms with Crippen LogP contribution in [0.2, 0.25) is 0 Å². The Labute approximate surface area is 107 Å². The van der Waals surface area contributed by atoms with Crippen LogP contribution in [0, 0.1) is 6.92 Å². The molecule has 17 heavy (non-hydrogen) atoms. The van der Waals surface area contributed by atoms with Crippen molar-refractivity contribution in [2.75, 3.05) is 24.0 Å². The van der Waals surface area contributed by atoms with Gasteiger partial charge in [0.1, 0.15) is 0 Å². The van der Waals surface area contributed by atoms with Crippen molar-refractivity contribution in [3.63, 3.8) is 0 Å². The number of rotatable bonds is 5. The van der Waals surface area contributed by atoms with Gasteiger partial charge in [-0.05, 0) is 37.5 Å². The molecule has 0 aromatic heterocycles. The fraction of sp³-hybridized carbons (Fsp3) is 0.462. The summed E-state index contributed by atoms with van der Waals surface area (Å²) in [5.74, 6) is 0.886. The molecule has 0 radical (unpaired) electrons. The Morgan fingerprint density at radius 1 is 1.41 bits per heavy atom. The van der Waals surface area contributed by atoms with Crippen LogP contribution in [0.3, 0.4) is 0 Å². The maximum atomic E-state index is 12.0. The molecule has 1 amide bonds. The van der Waals surface area contributed by atoms with Gasteiger partial charge in [-0.15, -0.1) is 0 Å². The molecule has 2 N–H and O–H groups in total. The first-order valence-electron chi connectivity index (χ1n) is 5.65. The zero-order chi connectivity index (χ0) is 12.8. The van der Waals surface area contributed by atoms with Gasteiger partial charge in [0.05, 0.1) is 6.04 Å². The number of nitrogens with two attached hydrogens (primary N) is 1. The minimum Gasteiger partial charge on any atom is -0.320 e. The van der Waals surface area contributed by atoms with Crippen LogP contribution in [0.15, 0.2) is 24.3 Å². The molecule has 1 aromatic rings. The Morgan fingerprint density at radius 2 is 2.00 bits per heavy atom. The number of hydrogen-bond donors (Lipinski definition) is 1. The highest BCUT2D eigenvalue weighted by molar-refractivity contribution is 7.98. The van der Waals surface area contributed by atoms with Gasteiger partial charge in [0.2, 0.25) is 5.91 Å². The smallest absolute Gasteiger partial charge is 0.243 e. The highest BCUT2D eigenvalue weighted by atomic mass is 32.2. The van der Waals surface area contributed by atoms with E-state index in [1.165, 1.54) is 5.56 Å². The molecule has 0 bridgehead atoms. The Bertz CT molecular complexity index is 364. The number of amides is 1. The lowest BCUT2D eigenvalue weighted by atomic mass is 10.2. The van der Waals surface area contributed by atoms with E-state index in [2.05, 4.69) is 0 Å². The van der Waals surface area contributed by atoms with Crippen molar-refractivity contribution < 1.29 is 4.79 Å². The molecule has 0 spiro atoms. The summed E-state index contributed by atoms with van der Waals surface area (Å²) < 4.78 is 0. The molecule has 0 aliphatic heterocycles. The van der Waals surface area contributed by atoms with Crippen molar-refractivity contribution >= 4 is 23.4 Å². The molecule has 0 unspecified atom stereocenters. The highest BCUT2D eigenvalue weighted by Gasteiger charge is 2.18. The number of likely N-dealkylation sites (N-methyl/N-ethyl adjacent to an activating group) is 1. The Kier molecular flexibility index (Phi) is 5.51. The van der Waals surface area contributed by atoms with E-state index in [0.29, 0.717) is 0 Å². The van der Waals surface area contributed by atoms with E-state index in [-0.39, 0.29) is 5.91 Å². The number of anilines is 1. The van der Waals surface area contributed by atoms with Crippen LogP contribution in [-0.4, -0.2) is 31.0 Å². The van der Waals surface area contributed by atoms with Crippen molar-refractivity contribution in [1.82, 2.24) is 0 Å². The van der Waals surface area contributed by atoms with Crippen molar-refractivity contribution in [2.45, 2.75) is 19.4 Å². The van der Waals surface area contributed by atoms with Crippen molar-refractivity contribution in [1.29, 1.82) is 0 Å². The molecule has 1 atom stereocenters. The summed E-state index contributed by atoms with van der Waals surface area (Å²) in [4.78, 5) is 13.7.